The molecule has 13 nitrogen and oxygen atoms in total. The molecule has 8 N–H and O–H groups in total. The Kier molecular flexibility index (Phi) is 7.65. The zero-order valence-electron chi connectivity index (χ0n) is 11.6. The third-order valence-electron chi connectivity index (χ3n) is 2.62. The predicted molar refractivity (Wildman–Crippen MR) is 70.7 cm³/mol. The number of phosphoric acid groups is 1. The Morgan fingerprint density at radius 1 is 1.30 bits per heavy atom. The molecule has 0 aliphatic rings. The first-order valence-corrected chi connectivity index (χ1v) is 8.84. The highest BCUT2D eigenvalue weighted by molar-refractivity contribution is 7.64. The van der Waals surface area contributed by atoms with Crippen molar-refractivity contribution in [3.63, 3.8) is 0 Å². The Hall–Kier alpha value is -0.720. The van der Waals surface area contributed by atoms with Gasteiger partial charge in [-0.3, -0.25) is 9.36 Å². The van der Waals surface area contributed by atoms with Gasteiger partial charge >= 0.3 is 15.4 Å². The molecule has 15 heteroatoms. The molecule has 0 radical (unpaired) electrons. The van der Waals surface area contributed by atoms with Crippen molar-refractivity contribution in [3.05, 3.63) is 0 Å². The molecule has 1 unspecified atom stereocenters. The van der Waals surface area contributed by atoms with E-state index in [-0.39, 0.29) is 6.29 Å². The van der Waals surface area contributed by atoms with Crippen LogP contribution in [0.25, 0.3) is 0 Å². The second-order valence-corrected chi connectivity index (χ2v) is 7.88. The molecule has 5 atom stereocenters. The monoisotopic (exact) mass is 381 g/mol. The van der Waals surface area contributed by atoms with Crippen LogP contribution < -0.4 is 5.32 Å². The van der Waals surface area contributed by atoms with E-state index in [0.29, 0.717) is 0 Å². The minimum Gasteiger partial charge on any atom is -0.393 e. The Bertz CT molecular complexity index is 533. The third kappa shape index (κ3) is 5.69. The Morgan fingerprint density at radius 2 is 1.78 bits per heavy atom. The van der Waals surface area contributed by atoms with Gasteiger partial charge in [-0.2, -0.15) is 0 Å². The number of aldehydes is 1. The normalized spacial score (nSPS) is 21.4. The van der Waals surface area contributed by atoms with Crippen LogP contribution in [0.1, 0.15) is 6.92 Å². The van der Waals surface area contributed by atoms with Gasteiger partial charge < -0.3 is 45.2 Å². The molecule has 0 saturated heterocycles. The summed E-state index contributed by atoms with van der Waals surface area (Å²) in [6.07, 6.45) is -5.31. The summed E-state index contributed by atoms with van der Waals surface area (Å²) in [5, 5.41) is 36.5. The van der Waals surface area contributed by atoms with Crippen molar-refractivity contribution in [1.29, 1.82) is 0 Å². The van der Waals surface area contributed by atoms with E-state index in [1.807, 2.05) is 5.32 Å². The number of rotatable bonds is 9. The Labute approximate surface area is 129 Å². The molecule has 0 spiro atoms. The molecule has 0 aromatic rings. The summed E-state index contributed by atoms with van der Waals surface area (Å²) in [6.45, 7) is -0.855. The van der Waals surface area contributed by atoms with Crippen LogP contribution in [0.4, 0.5) is 0 Å². The summed E-state index contributed by atoms with van der Waals surface area (Å²) in [7, 11) is -11.5. The average Bonchev–Trinajstić information content (AvgIpc) is 2.39. The minimum atomic E-state index is -5.83. The number of nitrogens with one attached hydrogen (secondary N) is 1. The number of hydrogen-bond acceptors (Lipinski definition) is 9. The lowest BCUT2D eigenvalue weighted by molar-refractivity contribution is -0.136. The van der Waals surface area contributed by atoms with Gasteiger partial charge in [0.1, 0.15) is 24.5 Å². The fourth-order valence-corrected chi connectivity index (χ4v) is 3.85. The summed E-state index contributed by atoms with van der Waals surface area (Å²) < 4.78 is 25.8. The fourth-order valence-electron chi connectivity index (χ4n) is 1.47. The van der Waals surface area contributed by atoms with Crippen LogP contribution in [0.5, 0.6) is 0 Å². The number of aliphatic hydroxyl groups is 4. The van der Waals surface area contributed by atoms with E-state index in [1.54, 1.807) is 0 Å². The largest absolute Gasteiger partial charge is 0.476 e. The average molecular weight is 381 g/mol. The Balaban J connectivity index is 5.64. The van der Waals surface area contributed by atoms with E-state index >= 15 is 0 Å². The molecule has 23 heavy (non-hydrogen) atoms. The summed E-state index contributed by atoms with van der Waals surface area (Å²) >= 11 is 0. The maximum atomic E-state index is 11.7. The van der Waals surface area contributed by atoms with Crippen LogP contribution in [0, 0.1) is 0 Å². The van der Waals surface area contributed by atoms with E-state index in [9.17, 15) is 38.9 Å². The SMILES string of the molecule is CC(=O)N[C@@H](C=O)[C@@H](O)[C@H](O)[C@](O)(CO)P(=O)(O)OP(=O)(O)O. The molecule has 0 saturated carbocycles. The van der Waals surface area contributed by atoms with Gasteiger partial charge in [-0.15, -0.1) is 0 Å². The topological polar surface area (TPSA) is 231 Å². The Morgan fingerprint density at radius 3 is 2.09 bits per heavy atom. The van der Waals surface area contributed by atoms with Gasteiger partial charge in [0, 0.05) is 6.92 Å². The maximum Gasteiger partial charge on any atom is 0.476 e. The van der Waals surface area contributed by atoms with Gasteiger partial charge in [0.25, 0.3) is 0 Å². The highest BCUT2D eigenvalue weighted by atomic mass is 31.3. The summed E-state index contributed by atoms with van der Waals surface area (Å²) in [6, 6.07) is -1.87. The van der Waals surface area contributed by atoms with Gasteiger partial charge in [-0.25, -0.2) is 8.88 Å². The molecule has 1 amide bonds. The lowest BCUT2D eigenvalue weighted by Gasteiger charge is -2.37. The number of carbonyl (C=O) groups is 2. The first kappa shape index (κ1) is 22.3. The van der Waals surface area contributed by atoms with Crippen molar-refractivity contribution in [3.8, 4) is 0 Å². The second-order valence-electron chi connectivity index (χ2n) is 4.43. The van der Waals surface area contributed by atoms with Gasteiger partial charge in [0.15, 0.2) is 0 Å². The van der Waals surface area contributed by atoms with E-state index < -0.39 is 51.5 Å². The smallest absolute Gasteiger partial charge is 0.393 e. The van der Waals surface area contributed by atoms with Crippen molar-refractivity contribution in [2.45, 2.75) is 30.5 Å². The quantitative estimate of drug-likeness (QED) is 0.143. The van der Waals surface area contributed by atoms with Gasteiger partial charge in [0.2, 0.25) is 11.2 Å². The molecule has 0 aromatic carbocycles. The molecule has 0 fully saturated rings. The van der Waals surface area contributed by atoms with Crippen molar-refractivity contribution in [2.24, 2.45) is 0 Å². The van der Waals surface area contributed by atoms with Gasteiger partial charge in [-0.05, 0) is 0 Å². The molecule has 0 aromatic heterocycles. The summed E-state index contributed by atoms with van der Waals surface area (Å²) in [5.74, 6) is -0.848. The molecule has 136 valence electrons. The van der Waals surface area contributed by atoms with E-state index in [0.717, 1.165) is 6.92 Å². The minimum absolute atomic E-state index is 0.0841. The van der Waals surface area contributed by atoms with E-state index in [1.165, 1.54) is 0 Å². The zero-order valence-corrected chi connectivity index (χ0v) is 13.4. The number of carbonyl (C=O) groups excluding carboxylic acids is 2. The summed E-state index contributed by atoms with van der Waals surface area (Å²) in [5.41, 5.74) is 0. The molecule has 0 bridgehead atoms. The van der Waals surface area contributed by atoms with Crippen molar-refractivity contribution in [1.82, 2.24) is 5.32 Å². The molecule has 0 aliphatic heterocycles. The number of amides is 1. The fraction of sp³-hybridized carbons (Fsp3) is 0.750. The van der Waals surface area contributed by atoms with Crippen molar-refractivity contribution < 1.29 is 58.1 Å². The van der Waals surface area contributed by atoms with Gasteiger partial charge in [0.05, 0.1) is 6.61 Å². The first-order chi connectivity index (χ1) is 10.2. The molecular formula is C8H17NO12P2. The van der Waals surface area contributed by atoms with Crippen LogP contribution in [0.15, 0.2) is 0 Å². The third-order valence-corrected chi connectivity index (χ3v) is 5.74. The van der Waals surface area contributed by atoms with Crippen LogP contribution in [0.2, 0.25) is 0 Å². The van der Waals surface area contributed by atoms with Crippen LogP contribution in [-0.4, -0.2) is 77.5 Å². The second kappa shape index (κ2) is 7.90. The zero-order chi connectivity index (χ0) is 18.6. The highest BCUT2D eigenvalue weighted by Gasteiger charge is 2.58. The standard InChI is InChI=1S/C8H17NO12P2/c1-4(12)9-5(2-10)6(13)7(14)8(15,3-11)22(16,17)21-23(18,19)20/h2,5-7,11,13-15H,3H2,1H3,(H,9,12)(H,16,17)(H2,18,19,20)/t5-,6+,7-,8-/m0/s1. The van der Waals surface area contributed by atoms with Crippen LogP contribution >= 0.6 is 15.4 Å². The lowest BCUT2D eigenvalue weighted by atomic mass is 10.0. The predicted octanol–water partition coefficient (Wildman–Crippen LogP) is -3.61. The summed E-state index contributed by atoms with van der Waals surface area (Å²) in [4.78, 5) is 48.0. The molecule has 0 heterocycles. The number of hydrogen-bond donors (Lipinski definition) is 8. The highest BCUT2D eigenvalue weighted by Crippen LogP contribution is 2.64. The van der Waals surface area contributed by atoms with E-state index in [4.69, 9.17) is 14.9 Å². The van der Waals surface area contributed by atoms with Crippen molar-refractivity contribution >= 4 is 27.6 Å². The number of aliphatic hydroxyl groups excluding tert-OH is 3. The van der Waals surface area contributed by atoms with Crippen molar-refractivity contribution in [2.75, 3.05) is 6.61 Å². The van der Waals surface area contributed by atoms with E-state index in [2.05, 4.69) is 4.31 Å². The molecule has 0 rings (SSSR count). The van der Waals surface area contributed by atoms with Crippen LogP contribution in [0.3, 0.4) is 0 Å². The van der Waals surface area contributed by atoms with Gasteiger partial charge in [-0.1, -0.05) is 0 Å². The molecular weight excluding hydrogens is 364 g/mol. The van der Waals surface area contributed by atoms with Crippen LogP contribution in [-0.2, 0) is 23.0 Å². The molecule has 0 aliphatic carbocycles. The maximum absolute atomic E-state index is 11.7. The first-order valence-electron chi connectivity index (χ1n) is 5.73. The lowest BCUT2D eigenvalue weighted by Crippen LogP contribution is -2.58.